The Bertz CT molecular complexity index is 505. The summed E-state index contributed by atoms with van der Waals surface area (Å²) < 4.78 is 18.3. The number of nitrogens with zero attached hydrogens (tertiary/aromatic N) is 2. The first-order valence-electron chi connectivity index (χ1n) is 7.57. The van der Waals surface area contributed by atoms with Gasteiger partial charge in [-0.25, -0.2) is 4.39 Å². The molecule has 0 bridgehead atoms. The molecule has 1 saturated heterocycles. The molecule has 0 radical (unpaired) electrons. The number of amides is 1. The molecule has 0 spiro atoms. The molecule has 6 heteroatoms. The fraction of sp³-hybridized carbons (Fsp3) is 0.562. The van der Waals surface area contributed by atoms with Crippen molar-refractivity contribution in [1.82, 2.24) is 9.80 Å². The zero-order chi connectivity index (χ0) is 15.9. The molecule has 1 fully saturated rings. The minimum atomic E-state index is -0.440. The number of rotatable bonds is 6. The van der Waals surface area contributed by atoms with Crippen LogP contribution in [0.15, 0.2) is 18.2 Å². The number of piperazine rings is 1. The Morgan fingerprint density at radius 2 is 2.00 bits per heavy atom. The average Bonchev–Trinajstić information content (AvgIpc) is 2.54. The number of benzene rings is 1. The molecule has 22 heavy (non-hydrogen) atoms. The number of halogens is 2. The van der Waals surface area contributed by atoms with E-state index in [2.05, 4.69) is 4.90 Å². The predicted octanol–water partition coefficient (Wildman–Crippen LogP) is 2.66. The maximum absolute atomic E-state index is 13.3. The standard InChI is InChI=1S/C16H22ClFN2O2/c1-22-11-3-2-6-19-7-9-20(10-8-19)16(21)14-12-13(18)4-5-15(14)17/h4-5,12H,2-3,6-11H2,1H3. The van der Waals surface area contributed by atoms with Gasteiger partial charge in [-0.15, -0.1) is 0 Å². The largest absolute Gasteiger partial charge is 0.385 e. The van der Waals surface area contributed by atoms with Gasteiger partial charge in [-0.2, -0.15) is 0 Å². The highest BCUT2D eigenvalue weighted by molar-refractivity contribution is 6.33. The lowest BCUT2D eigenvalue weighted by atomic mass is 10.1. The summed E-state index contributed by atoms with van der Waals surface area (Å²) in [4.78, 5) is 16.5. The van der Waals surface area contributed by atoms with Crippen molar-refractivity contribution in [3.8, 4) is 0 Å². The van der Waals surface area contributed by atoms with Crippen LogP contribution in [-0.2, 0) is 4.74 Å². The molecule has 2 rings (SSSR count). The second-order valence-electron chi connectivity index (χ2n) is 5.46. The van der Waals surface area contributed by atoms with Gasteiger partial charge in [-0.1, -0.05) is 11.6 Å². The van der Waals surface area contributed by atoms with Gasteiger partial charge < -0.3 is 9.64 Å². The van der Waals surface area contributed by atoms with E-state index >= 15 is 0 Å². The van der Waals surface area contributed by atoms with Gasteiger partial charge in [0.2, 0.25) is 0 Å². The van der Waals surface area contributed by atoms with Crippen LogP contribution in [-0.4, -0.2) is 62.1 Å². The van der Waals surface area contributed by atoms with Gasteiger partial charge in [0.25, 0.3) is 5.91 Å². The summed E-state index contributed by atoms with van der Waals surface area (Å²) in [6.45, 7) is 4.78. The third-order valence-electron chi connectivity index (χ3n) is 3.89. The molecule has 1 aromatic rings. The number of unbranched alkanes of at least 4 members (excludes halogenated alkanes) is 1. The Hall–Kier alpha value is -1.17. The van der Waals surface area contributed by atoms with Gasteiger partial charge in [-0.05, 0) is 37.6 Å². The molecule has 0 aliphatic carbocycles. The molecule has 0 atom stereocenters. The van der Waals surface area contributed by atoms with Crippen LogP contribution < -0.4 is 0 Å². The highest BCUT2D eigenvalue weighted by Gasteiger charge is 2.23. The molecule has 0 N–H and O–H groups in total. The lowest BCUT2D eigenvalue weighted by Crippen LogP contribution is -2.48. The fourth-order valence-corrected chi connectivity index (χ4v) is 2.79. The molecule has 1 aromatic carbocycles. The monoisotopic (exact) mass is 328 g/mol. The highest BCUT2D eigenvalue weighted by Crippen LogP contribution is 2.19. The van der Waals surface area contributed by atoms with E-state index in [1.807, 2.05) is 0 Å². The zero-order valence-corrected chi connectivity index (χ0v) is 13.6. The summed E-state index contributed by atoms with van der Waals surface area (Å²) >= 11 is 6.00. The van der Waals surface area contributed by atoms with E-state index in [-0.39, 0.29) is 11.5 Å². The van der Waals surface area contributed by atoms with Crippen LogP contribution in [0.2, 0.25) is 5.02 Å². The maximum atomic E-state index is 13.3. The normalized spacial score (nSPS) is 16.0. The highest BCUT2D eigenvalue weighted by atomic mass is 35.5. The van der Waals surface area contributed by atoms with Crippen LogP contribution >= 0.6 is 11.6 Å². The SMILES string of the molecule is COCCCCN1CCN(C(=O)c2cc(F)ccc2Cl)CC1. The summed E-state index contributed by atoms with van der Waals surface area (Å²) in [6, 6.07) is 3.90. The van der Waals surface area contributed by atoms with Gasteiger partial charge >= 0.3 is 0 Å². The molecular formula is C16H22ClFN2O2. The van der Waals surface area contributed by atoms with Crippen molar-refractivity contribution in [1.29, 1.82) is 0 Å². The molecule has 1 aliphatic heterocycles. The number of carbonyl (C=O) groups excluding carboxylic acids is 1. The lowest BCUT2D eigenvalue weighted by molar-refractivity contribution is 0.0632. The van der Waals surface area contributed by atoms with Crippen molar-refractivity contribution in [2.75, 3.05) is 46.4 Å². The molecule has 122 valence electrons. The van der Waals surface area contributed by atoms with Crippen LogP contribution in [0.3, 0.4) is 0 Å². The first kappa shape index (κ1) is 17.2. The Morgan fingerprint density at radius 3 is 2.68 bits per heavy atom. The van der Waals surface area contributed by atoms with Crippen LogP contribution in [0.25, 0.3) is 0 Å². The Balaban J connectivity index is 1.83. The van der Waals surface area contributed by atoms with E-state index in [1.54, 1.807) is 12.0 Å². The second kappa shape index (κ2) is 8.46. The van der Waals surface area contributed by atoms with Crippen LogP contribution in [0, 0.1) is 5.82 Å². The van der Waals surface area contributed by atoms with Crippen molar-refractivity contribution in [2.45, 2.75) is 12.8 Å². The minimum Gasteiger partial charge on any atom is -0.385 e. The van der Waals surface area contributed by atoms with Crippen molar-refractivity contribution in [3.63, 3.8) is 0 Å². The number of carbonyl (C=O) groups is 1. The molecule has 1 heterocycles. The number of hydrogen-bond donors (Lipinski definition) is 0. The minimum absolute atomic E-state index is 0.191. The molecule has 1 amide bonds. The van der Waals surface area contributed by atoms with Crippen molar-refractivity contribution >= 4 is 17.5 Å². The van der Waals surface area contributed by atoms with E-state index in [1.165, 1.54) is 18.2 Å². The lowest BCUT2D eigenvalue weighted by Gasteiger charge is -2.34. The van der Waals surface area contributed by atoms with Crippen molar-refractivity contribution < 1.29 is 13.9 Å². The Kier molecular flexibility index (Phi) is 6.61. The maximum Gasteiger partial charge on any atom is 0.255 e. The van der Waals surface area contributed by atoms with Crippen LogP contribution in [0.5, 0.6) is 0 Å². The van der Waals surface area contributed by atoms with Gasteiger partial charge in [-0.3, -0.25) is 9.69 Å². The molecule has 0 unspecified atom stereocenters. The van der Waals surface area contributed by atoms with Gasteiger partial charge in [0.05, 0.1) is 10.6 Å². The fourth-order valence-electron chi connectivity index (χ4n) is 2.59. The molecular weight excluding hydrogens is 307 g/mol. The van der Waals surface area contributed by atoms with E-state index in [0.717, 1.165) is 39.1 Å². The van der Waals surface area contributed by atoms with Crippen LogP contribution in [0.4, 0.5) is 4.39 Å². The summed E-state index contributed by atoms with van der Waals surface area (Å²) in [5, 5.41) is 0.299. The first-order chi connectivity index (χ1) is 10.6. The summed E-state index contributed by atoms with van der Waals surface area (Å²) in [6.07, 6.45) is 2.14. The van der Waals surface area contributed by atoms with Gasteiger partial charge in [0.15, 0.2) is 0 Å². The topological polar surface area (TPSA) is 32.8 Å². The van der Waals surface area contributed by atoms with Crippen molar-refractivity contribution in [2.24, 2.45) is 0 Å². The summed E-state index contributed by atoms with van der Waals surface area (Å²) in [5.41, 5.74) is 0.246. The van der Waals surface area contributed by atoms with Crippen LogP contribution in [0.1, 0.15) is 23.2 Å². The van der Waals surface area contributed by atoms with E-state index in [4.69, 9.17) is 16.3 Å². The summed E-state index contributed by atoms with van der Waals surface area (Å²) in [7, 11) is 1.71. The average molecular weight is 329 g/mol. The van der Waals surface area contributed by atoms with Gasteiger partial charge in [0, 0.05) is 39.9 Å². The van der Waals surface area contributed by atoms with Gasteiger partial charge in [0.1, 0.15) is 5.82 Å². The molecule has 0 aromatic heterocycles. The predicted molar refractivity (Wildman–Crippen MR) is 84.9 cm³/mol. The quantitative estimate of drug-likeness (QED) is 0.753. The number of methoxy groups -OCH3 is 1. The third-order valence-corrected chi connectivity index (χ3v) is 4.22. The Morgan fingerprint density at radius 1 is 1.27 bits per heavy atom. The first-order valence-corrected chi connectivity index (χ1v) is 7.95. The molecule has 1 aliphatic rings. The van der Waals surface area contributed by atoms with Crippen molar-refractivity contribution in [3.05, 3.63) is 34.6 Å². The summed E-state index contributed by atoms with van der Waals surface area (Å²) in [5.74, 6) is -0.631. The smallest absolute Gasteiger partial charge is 0.255 e. The number of hydrogen-bond acceptors (Lipinski definition) is 3. The molecule has 0 saturated carbocycles. The number of ether oxygens (including phenoxy) is 1. The second-order valence-corrected chi connectivity index (χ2v) is 5.87. The van der Waals surface area contributed by atoms with E-state index in [0.29, 0.717) is 18.1 Å². The van der Waals surface area contributed by atoms with E-state index in [9.17, 15) is 9.18 Å². The third kappa shape index (κ3) is 4.66. The molecule has 4 nitrogen and oxygen atoms in total. The Labute approximate surface area is 135 Å². The zero-order valence-electron chi connectivity index (χ0n) is 12.9. The van der Waals surface area contributed by atoms with E-state index < -0.39 is 5.82 Å².